The van der Waals surface area contributed by atoms with Crippen LogP contribution in [0.25, 0.3) is 0 Å². The van der Waals surface area contributed by atoms with Crippen molar-refractivity contribution in [1.82, 2.24) is 4.98 Å². The first-order valence-corrected chi connectivity index (χ1v) is 6.93. The summed E-state index contributed by atoms with van der Waals surface area (Å²) < 4.78 is 0. The van der Waals surface area contributed by atoms with Gasteiger partial charge < -0.3 is 5.73 Å². The minimum atomic E-state index is -0.0442. The molecule has 0 amide bonds. The summed E-state index contributed by atoms with van der Waals surface area (Å²) in [6.07, 6.45) is 3.68. The van der Waals surface area contributed by atoms with E-state index in [4.69, 9.17) is 17.3 Å². The van der Waals surface area contributed by atoms with E-state index in [0.717, 1.165) is 34.7 Å². The second-order valence-corrected chi connectivity index (χ2v) is 5.26. The van der Waals surface area contributed by atoms with Gasteiger partial charge in [0.2, 0.25) is 0 Å². The van der Waals surface area contributed by atoms with Crippen molar-refractivity contribution >= 4 is 11.6 Å². The second-order valence-electron chi connectivity index (χ2n) is 4.82. The van der Waals surface area contributed by atoms with Gasteiger partial charge in [0.05, 0.1) is 0 Å². The van der Waals surface area contributed by atoms with E-state index in [-0.39, 0.29) is 6.04 Å². The molecule has 0 radical (unpaired) electrons. The van der Waals surface area contributed by atoms with E-state index in [0.29, 0.717) is 0 Å². The van der Waals surface area contributed by atoms with Crippen molar-refractivity contribution in [3.05, 3.63) is 63.9 Å². The van der Waals surface area contributed by atoms with Crippen molar-refractivity contribution in [3.8, 4) is 0 Å². The lowest BCUT2D eigenvalue weighted by molar-refractivity contribution is 0.701. The molecule has 0 fully saturated rings. The Hall–Kier alpha value is -1.38. The highest BCUT2D eigenvalue weighted by atomic mass is 35.5. The van der Waals surface area contributed by atoms with Gasteiger partial charge in [0.1, 0.15) is 0 Å². The van der Waals surface area contributed by atoms with Crippen LogP contribution in [-0.2, 0) is 12.8 Å². The van der Waals surface area contributed by atoms with Crippen LogP contribution in [-0.4, -0.2) is 4.98 Å². The maximum absolute atomic E-state index is 6.27. The number of rotatable bonds is 4. The number of hydrogen-bond donors (Lipinski definition) is 1. The largest absolute Gasteiger partial charge is 0.324 e. The van der Waals surface area contributed by atoms with Gasteiger partial charge in [0.15, 0.2) is 0 Å². The highest BCUT2D eigenvalue weighted by Gasteiger charge is 2.10. The fourth-order valence-corrected chi connectivity index (χ4v) is 2.40. The number of hydrogen-bond acceptors (Lipinski definition) is 2. The van der Waals surface area contributed by atoms with Crippen molar-refractivity contribution in [2.45, 2.75) is 32.7 Å². The molecule has 1 aromatic carbocycles. The Bertz CT molecular complexity index is 549. The third kappa shape index (κ3) is 3.55. The third-order valence-corrected chi connectivity index (χ3v) is 3.59. The van der Waals surface area contributed by atoms with Gasteiger partial charge in [-0.2, -0.15) is 0 Å². The standard InChI is InChI=1S/C16H19ClN2/c1-3-12-4-6-14(19-10-12)9-16(18)15-7-5-13(17)8-11(15)2/h4-8,10,16H,3,9,18H2,1-2H3. The van der Waals surface area contributed by atoms with E-state index in [1.165, 1.54) is 5.56 Å². The summed E-state index contributed by atoms with van der Waals surface area (Å²) in [7, 11) is 0. The summed E-state index contributed by atoms with van der Waals surface area (Å²) in [6.45, 7) is 4.16. The van der Waals surface area contributed by atoms with Crippen molar-refractivity contribution in [1.29, 1.82) is 0 Å². The third-order valence-electron chi connectivity index (χ3n) is 3.35. The van der Waals surface area contributed by atoms with Gasteiger partial charge in [-0.1, -0.05) is 30.7 Å². The molecule has 2 rings (SSSR count). The van der Waals surface area contributed by atoms with E-state index in [2.05, 4.69) is 24.0 Å². The maximum Gasteiger partial charge on any atom is 0.0422 e. The van der Waals surface area contributed by atoms with Crippen molar-refractivity contribution in [2.75, 3.05) is 0 Å². The summed E-state index contributed by atoms with van der Waals surface area (Å²) in [5.41, 5.74) is 10.8. The summed E-state index contributed by atoms with van der Waals surface area (Å²) in [5, 5.41) is 0.749. The Kier molecular flexibility index (Phi) is 4.56. The maximum atomic E-state index is 6.27. The highest BCUT2D eigenvalue weighted by molar-refractivity contribution is 6.30. The number of aryl methyl sites for hydroxylation is 2. The first kappa shape index (κ1) is 14.0. The molecule has 2 aromatic rings. The van der Waals surface area contributed by atoms with Crippen molar-refractivity contribution < 1.29 is 0 Å². The number of halogens is 1. The number of aromatic nitrogens is 1. The van der Waals surface area contributed by atoms with Crippen LogP contribution in [0.15, 0.2) is 36.5 Å². The molecular weight excluding hydrogens is 256 g/mol. The summed E-state index contributed by atoms with van der Waals surface area (Å²) >= 11 is 5.96. The molecule has 0 aliphatic rings. The van der Waals surface area contributed by atoms with E-state index >= 15 is 0 Å². The van der Waals surface area contributed by atoms with Gasteiger partial charge in [0.25, 0.3) is 0 Å². The van der Waals surface area contributed by atoms with Crippen LogP contribution in [0.4, 0.5) is 0 Å². The summed E-state index contributed by atoms with van der Waals surface area (Å²) in [6, 6.07) is 9.97. The molecule has 1 heterocycles. The molecule has 0 aliphatic heterocycles. The Balaban J connectivity index is 2.13. The van der Waals surface area contributed by atoms with Crippen LogP contribution < -0.4 is 5.73 Å². The van der Waals surface area contributed by atoms with E-state index in [1.54, 1.807) is 0 Å². The molecule has 100 valence electrons. The van der Waals surface area contributed by atoms with Gasteiger partial charge in [-0.15, -0.1) is 0 Å². The lowest BCUT2D eigenvalue weighted by atomic mass is 9.98. The molecule has 2 nitrogen and oxygen atoms in total. The topological polar surface area (TPSA) is 38.9 Å². The Morgan fingerprint density at radius 1 is 1.26 bits per heavy atom. The zero-order valence-corrected chi connectivity index (χ0v) is 12.1. The van der Waals surface area contributed by atoms with Crippen LogP contribution in [0, 0.1) is 6.92 Å². The number of pyridine rings is 1. The zero-order valence-electron chi connectivity index (χ0n) is 11.4. The van der Waals surface area contributed by atoms with E-state index in [1.807, 2.05) is 31.3 Å². The lowest BCUT2D eigenvalue weighted by Crippen LogP contribution is -2.15. The molecule has 0 spiro atoms. The summed E-state index contributed by atoms with van der Waals surface area (Å²) in [4.78, 5) is 4.46. The smallest absolute Gasteiger partial charge is 0.0422 e. The Morgan fingerprint density at radius 2 is 2.05 bits per heavy atom. The summed E-state index contributed by atoms with van der Waals surface area (Å²) in [5.74, 6) is 0. The van der Waals surface area contributed by atoms with Crippen LogP contribution >= 0.6 is 11.6 Å². The van der Waals surface area contributed by atoms with Gasteiger partial charge in [-0.05, 0) is 48.2 Å². The van der Waals surface area contributed by atoms with E-state index < -0.39 is 0 Å². The highest BCUT2D eigenvalue weighted by Crippen LogP contribution is 2.22. The molecule has 2 N–H and O–H groups in total. The fraction of sp³-hybridized carbons (Fsp3) is 0.312. The van der Waals surface area contributed by atoms with Crippen molar-refractivity contribution in [3.63, 3.8) is 0 Å². The normalized spacial score (nSPS) is 12.4. The minimum absolute atomic E-state index is 0.0442. The average molecular weight is 275 g/mol. The van der Waals surface area contributed by atoms with E-state index in [9.17, 15) is 0 Å². The van der Waals surface area contributed by atoms with Crippen molar-refractivity contribution in [2.24, 2.45) is 5.73 Å². The second kappa shape index (κ2) is 6.18. The first-order chi connectivity index (χ1) is 9.10. The molecule has 1 aromatic heterocycles. The van der Waals surface area contributed by atoms with Gasteiger partial charge in [-0.25, -0.2) is 0 Å². The average Bonchev–Trinajstić information content (AvgIpc) is 2.39. The molecule has 3 heteroatoms. The zero-order chi connectivity index (χ0) is 13.8. The van der Waals surface area contributed by atoms with Crippen LogP contribution in [0.1, 0.15) is 35.3 Å². The Morgan fingerprint density at radius 3 is 2.63 bits per heavy atom. The van der Waals surface area contributed by atoms with Crippen LogP contribution in [0.2, 0.25) is 5.02 Å². The molecule has 19 heavy (non-hydrogen) atoms. The molecule has 1 atom stereocenters. The molecule has 0 aliphatic carbocycles. The molecule has 0 bridgehead atoms. The van der Waals surface area contributed by atoms with Gasteiger partial charge >= 0.3 is 0 Å². The molecule has 0 saturated heterocycles. The van der Waals surface area contributed by atoms with Crippen LogP contribution in [0.3, 0.4) is 0 Å². The molecule has 0 saturated carbocycles. The predicted molar refractivity (Wildman–Crippen MR) is 80.4 cm³/mol. The molecule has 1 unspecified atom stereocenters. The molecular formula is C16H19ClN2. The monoisotopic (exact) mass is 274 g/mol. The SMILES string of the molecule is CCc1ccc(CC(N)c2ccc(Cl)cc2C)nc1. The minimum Gasteiger partial charge on any atom is -0.324 e. The fourth-order valence-electron chi connectivity index (χ4n) is 2.18. The Labute approximate surface area is 119 Å². The number of benzene rings is 1. The predicted octanol–water partition coefficient (Wildman–Crippen LogP) is 3.85. The first-order valence-electron chi connectivity index (χ1n) is 6.55. The van der Waals surface area contributed by atoms with Gasteiger partial charge in [0, 0.05) is 29.4 Å². The van der Waals surface area contributed by atoms with Gasteiger partial charge in [-0.3, -0.25) is 4.98 Å². The van der Waals surface area contributed by atoms with Crippen LogP contribution in [0.5, 0.6) is 0 Å². The lowest BCUT2D eigenvalue weighted by Gasteiger charge is -2.14. The number of nitrogens with zero attached hydrogens (tertiary/aromatic N) is 1. The quantitative estimate of drug-likeness (QED) is 0.920. The number of nitrogens with two attached hydrogens (primary N) is 1.